The van der Waals surface area contributed by atoms with Gasteiger partial charge in [-0.15, -0.1) is 0 Å². The lowest BCUT2D eigenvalue weighted by molar-refractivity contribution is 0.476. The van der Waals surface area contributed by atoms with Crippen molar-refractivity contribution in [3.05, 3.63) is 47.5 Å². The summed E-state index contributed by atoms with van der Waals surface area (Å²) in [4.78, 5) is 0.226. The van der Waals surface area contributed by atoms with Crippen LogP contribution in [-0.4, -0.2) is 31.9 Å². The maximum Gasteiger partial charge on any atom is 0.242 e. The fourth-order valence-electron chi connectivity index (χ4n) is 1.72. The van der Waals surface area contributed by atoms with Crippen LogP contribution in [0.3, 0.4) is 0 Å². The maximum atomic E-state index is 11.9. The highest BCUT2D eigenvalue weighted by molar-refractivity contribution is 7.89. The van der Waals surface area contributed by atoms with Crippen LogP contribution in [0.15, 0.2) is 47.4 Å². The number of halogens is 1. The SMILES string of the molecule is CN(C)S(=O)(=O)c1ccc(-c2ccc(Cl)c(O)c2)cc1. The Balaban J connectivity index is 2.40. The van der Waals surface area contributed by atoms with E-state index in [-0.39, 0.29) is 15.7 Å². The molecule has 4 nitrogen and oxygen atoms in total. The Hall–Kier alpha value is -1.56. The van der Waals surface area contributed by atoms with E-state index in [4.69, 9.17) is 11.6 Å². The van der Waals surface area contributed by atoms with Crippen molar-refractivity contribution >= 4 is 21.6 Å². The van der Waals surface area contributed by atoms with Gasteiger partial charge in [-0.2, -0.15) is 0 Å². The third-order valence-corrected chi connectivity index (χ3v) is 5.06. The highest BCUT2D eigenvalue weighted by Crippen LogP contribution is 2.30. The van der Waals surface area contributed by atoms with Crippen molar-refractivity contribution in [2.45, 2.75) is 4.90 Å². The van der Waals surface area contributed by atoms with Gasteiger partial charge in [-0.1, -0.05) is 29.8 Å². The average Bonchev–Trinajstić information content (AvgIpc) is 2.42. The summed E-state index contributed by atoms with van der Waals surface area (Å²) < 4.78 is 25.1. The van der Waals surface area contributed by atoms with E-state index in [9.17, 15) is 13.5 Å². The molecule has 2 aromatic rings. The number of nitrogens with zero attached hydrogens (tertiary/aromatic N) is 1. The molecule has 0 aliphatic heterocycles. The van der Waals surface area contributed by atoms with Gasteiger partial charge in [-0.25, -0.2) is 12.7 Å². The van der Waals surface area contributed by atoms with Gasteiger partial charge in [0, 0.05) is 14.1 Å². The Morgan fingerprint density at radius 3 is 2.05 bits per heavy atom. The van der Waals surface area contributed by atoms with Gasteiger partial charge in [0.2, 0.25) is 10.0 Å². The molecule has 0 saturated carbocycles. The summed E-state index contributed by atoms with van der Waals surface area (Å²) >= 11 is 5.75. The first-order valence-corrected chi connectivity index (χ1v) is 7.65. The molecule has 0 amide bonds. The van der Waals surface area contributed by atoms with Gasteiger partial charge in [-0.3, -0.25) is 0 Å². The quantitative estimate of drug-likeness (QED) is 0.948. The first kappa shape index (κ1) is 14.8. The molecule has 0 heterocycles. The van der Waals surface area contributed by atoms with E-state index in [1.165, 1.54) is 32.3 Å². The molecule has 0 aromatic heterocycles. The Morgan fingerprint density at radius 2 is 1.55 bits per heavy atom. The van der Waals surface area contributed by atoms with Crippen LogP contribution in [0.1, 0.15) is 0 Å². The van der Waals surface area contributed by atoms with Crippen LogP contribution in [-0.2, 0) is 10.0 Å². The molecular weight excluding hydrogens is 298 g/mol. The predicted molar refractivity (Wildman–Crippen MR) is 79.4 cm³/mol. The molecule has 2 aromatic carbocycles. The highest BCUT2D eigenvalue weighted by Gasteiger charge is 2.16. The van der Waals surface area contributed by atoms with Crippen LogP contribution >= 0.6 is 11.6 Å². The van der Waals surface area contributed by atoms with E-state index < -0.39 is 10.0 Å². The maximum absolute atomic E-state index is 11.9. The molecule has 20 heavy (non-hydrogen) atoms. The van der Waals surface area contributed by atoms with Crippen molar-refractivity contribution in [3.63, 3.8) is 0 Å². The van der Waals surface area contributed by atoms with Crippen LogP contribution in [0.25, 0.3) is 11.1 Å². The van der Waals surface area contributed by atoms with E-state index in [0.29, 0.717) is 0 Å². The normalized spacial score (nSPS) is 11.8. The van der Waals surface area contributed by atoms with Crippen LogP contribution in [0.4, 0.5) is 0 Å². The van der Waals surface area contributed by atoms with E-state index in [1.54, 1.807) is 24.3 Å². The minimum absolute atomic E-state index is 0.00541. The lowest BCUT2D eigenvalue weighted by Crippen LogP contribution is -2.22. The summed E-state index contributed by atoms with van der Waals surface area (Å²) in [5, 5.41) is 9.86. The zero-order valence-electron chi connectivity index (χ0n) is 11.0. The van der Waals surface area contributed by atoms with Crippen molar-refractivity contribution in [1.29, 1.82) is 0 Å². The van der Waals surface area contributed by atoms with Gasteiger partial charge in [-0.05, 0) is 35.4 Å². The second kappa shape index (κ2) is 5.44. The Morgan fingerprint density at radius 1 is 1.00 bits per heavy atom. The number of hydrogen-bond acceptors (Lipinski definition) is 3. The minimum atomic E-state index is -3.43. The molecule has 0 unspecified atom stereocenters. The van der Waals surface area contributed by atoms with Gasteiger partial charge in [0.15, 0.2) is 0 Å². The number of aromatic hydroxyl groups is 1. The lowest BCUT2D eigenvalue weighted by Gasteiger charge is -2.11. The molecule has 0 radical (unpaired) electrons. The molecule has 0 bridgehead atoms. The number of benzene rings is 2. The summed E-state index contributed by atoms with van der Waals surface area (Å²) in [5.41, 5.74) is 1.57. The molecule has 6 heteroatoms. The second-order valence-electron chi connectivity index (χ2n) is 4.48. The van der Waals surface area contributed by atoms with Gasteiger partial charge < -0.3 is 5.11 Å². The summed E-state index contributed by atoms with van der Waals surface area (Å²) in [6.07, 6.45) is 0. The first-order chi connectivity index (χ1) is 9.32. The van der Waals surface area contributed by atoms with Crippen LogP contribution in [0, 0.1) is 0 Å². The third-order valence-electron chi connectivity index (χ3n) is 2.91. The lowest BCUT2D eigenvalue weighted by atomic mass is 10.1. The molecule has 2 rings (SSSR count). The van der Waals surface area contributed by atoms with Crippen molar-refractivity contribution in [1.82, 2.24) is 4.31 Å². The Kier molecular flexibility index (Phi) is 4.04. The monoisotopic (exact) mass is 311 g/mol. The smallest absolute Gasteiger partial charge is 0.242 e. The van der Waals surface area contributed by atoms with Gasteiger partial charge >= 0.3 is 0 Å². The number of phenols is 1. The standard InChI is InChI=1S/C14H14ClNO3S/c1-16(2)20(18,19)12-6-3-10(4-7-12)11-5-8-13(15)14(17)9-11/h3-9,17H,1-2H3. The Bertz CT molecular complexity index is 725. The molecule has 1 N–H and O–H groups in total. The molecule has 0 aliphatic rings. The van der Waals surface area contributed by atoms with Crippen molar-refractivity contribution in [2.75, 3.05) is 14.1 Å². The van der Waals surface area contributed by atoms with Gasteiger partial charge in [0.05, 0.1) is 9.92 Å². The molecule has 0 aliphatic carbocycles. The molecule has 0 atom stereocenters. The molecule has 0 saturated heterocycles. The van der Waals surface area contributed by atoms with E-state index in [0.717, 1.165) is 15.4 Å². The van der Waals surface area contributed by atoms with Gasteiger partial charge in [0.25, 0.3) is 0 Å². The minimum Gasteiger partial charge on any atom is -0.506 e. The summed E-state index contributed by atoms with van der Waals surface area (Å²) in [6, 6.07) is 11.4. The Labute approximate surface area is 123 Å². The largest absolute Gasteiger partial charge is 0.506 e. The van der Waals surface area contributed by atoms with E-state index >= 15 is 0 Å². The fourth-order valence-corrected chi connectivity index (χ4v) is 2.74. The van der Waals surface area contributed by atoms with E-state index in [2.05, 4.69) is 0 Å². The van der Waals surface area contributed by atoms with Crippen LogP contribution in [0.5, 0.6) is 5.75 Å². The van der Waals surface area contributed by atoms with E-state index in [1.807, 2.05) is 0 Å². The van der Waals surface area contributed by atoms with Gasteiger partial charge in [0.1, 0.15) is 5.75 Å². The second-order valence-corrected chi connectivity index (χ2v) is 7.04. The number of phenolic OH excluding ortho intramolecular Hbond substituents is 1. The molecular formula is C14H14ClNO3S. The average molecular weight is 312 g/mol. The fraction of sp³-hybridized carbons (Fsp3) is 0.143. The van der Waals surface area contributed by atoms with Crippen molar-refractivity contribution in [2.24, 2.45) is 0 Å². The van der Waals surface area contributed by atoms with Crippen LogP contribution in [0.2, 0.25) is 5.02 Å². The van der Waals surface area contributed by atoms with Crippen molar-refractivity contribution < 1.29 is 13.5 Å². The zero-order chi connectivity index (χ0) is 14.9. The summed E-state index contributed by atoms with van der Waals surface area (Å²) in [5.74, 6) is -0.00541. The highest BCUT2D eigenvalue weighted by atomic mass is 35.5. The van der Waals surface area contributed by atoms with Crippen molar-refractivity contribution in [3.8, 4) is 16.9 Å². The predicted octanol–water partition coefficient (Wildman–Crippen LogP) is 2.96. The topological polar surface area (TPSA) is 57.6 Å². The molecule has 106 valence electrons. The zero-order valence-corrected chi connectivity index (χ0v) is 12.6. The number of sulfonamides is 1. The molecule has 0 spiro atoms. The summed E-state index contributed by atoms with van der Waals surface area (Å²) in [6.45, 7) is 0. The third kappa shape index (κ3) is 2.80. The summed E-state index contributed by atoms with van der Waals surface area (Å²) in [7, 11) is -0.455. The molecule has 0 fully saturated rings. The number of rotatable bonds is 3. The first-order valence-electron chi connectivity index (χ1n) is 5.84. The number of hydrogen-bond donors (Lipinski definition) is 1. The van der Waals surface area contributed by atoms with Crippen LogP contribution < -0.4 is 0 Å².